The zero-order valence-corrected chi connectivity index (χ0v) is 10.9. The van der Waals surface area contributed by atoms with E-state index in [1.54, 1.807) is 10.6 Å². The molecule has 0 aliphatic heterocycles. The number of fused-ring (bicyclic) bond motifs is 1. The number of hydrogen-bond donors (Lipinski definition) is 2. The second kappa shape index (κ2) is 4.53. The van der Waals surface area contributed by atoms with Gasteiger partial charge in [0.15, 0.2) is 4.77 Å². The summed E-state index contributed by atoms with van der Waals surface area (Å²) in [5.41, 5.74) is 6.67. The van der Waals surface area contributed by atoms with Crippen LogP contribution in [-0.4, -0.2) is 15.5 Å². The molecular formula is C12H14FN3OS. The monoisotopic (exact) mass is 267 g/mol. The van der Waals surface area contributed by atoms with Crippen LogP contribution in [0.4, 0.5) is 4.39 Å². The van der Waals surface area contributed by atoms with Gasteiger partial charge in [-0.1, -0.05) is 13.8 Å². The van der Waals surface area contributed by atoms with Gasteiger partial charge in [-0.2, -0.15) is 0 Å². The quantitative estimate of drug-likeness (QED) is 0.839. The second-order valence-corrected chi connectivity index (χ2v) is 4.94. The molecule has 0 saturated heterocycles. The Labute approximate surface area is 109 Å². The standard InChI is InChI=1S/C12H14FN3OS/c1-6(2)10(11(14)17)16-9-4-3-7(13)5-8(9)15-12(16)18/h3-6,10H,1-2H3,(H2,14,17)(H,15,18). The van der Waals surface area contributed by atoms with Gasteiger partial charge in [-0.3, -0.25) is 4.79 Å². The molecule has 1 atom stereocenters. The van der Waals surface area contributed by atoms with Crippen LogP contribution in [0.3, 0.4) is 0 Å². The number of H-pyrrole nitrogens is 1. The maximum atomic E-state index is 13.1. The fraction of sp³-hybridized carbons (Fsp3) is 0.333. The minimum Gasteiger partial charge on any atom is -0.368 e. The number of halogens is 1. The fourth-order valence-corrected chi connectivity index (χ4v) is 2.46. The van der Waals surface area contributed by atoms with Crippen molar-refractivity contribution in [1.29, 1.82) is 0 Å². The van der Waals surface area contributed by atoms with Gasteiger partial charge in [0.1, 0.15) is 11.9 Å². The third-order valence-electron chi connectivity index (χ3n) is 2.88. The molecule has 2 rings (SSSR count). The average Bonchev–Trinajstić information content (AvgIpc) is 2.54. The highest BCUT2D eigenvalue weighted by Crippen LogP contribution is 2.24. The van der Waals surface area contributed by atoms with E-state index in [0.29, 0.717) is 15.8 Å². The number of carbonyl (C=O) groups excluding carboxylic acids is 1. The lowest BCUT2D eigenvalue weighted by molar-refractivity contribution is -0.122. The van der Waals surface area contributed by atoms with E-state index in [1.807, 2.05) is 13.8 Å². The molecule has 1 unspecified atom stereocenters. The van der Waals surface area contributed by atoms with Crippen molar-refractivity contribution >= 4 is 29.2 Å². The molecule has 1 aromatic carbocycles. The van der Waals surface area contributed by atoms with Crippen molar-refractivity contribution in [2.24, 2.45) is 11.7 Å². The van der Waals surface area contributed by atoms with Crippen molar-refractivity contribution in [3.05, 3.63) is 28.8 Å². The van der Waals surface area contributed by atoms with Crippen molar-refractivity contribution in [2.75, 3.05) is 0 Å². The van der Waals surface area contributed by atoms with Crippen LogP contribution in [0.5, 0.6) is 0 Å². The van der Waals surface area contributed by atoms with E-state index in [4.69, 9.17) is 18.0 Å². The number of nitrogens with two attached hydrogens (primary N) is 1. The predicted molar refractivity (Wildman–Crippen MR) is 70.2 cm³/mol. The number of imidazole rings is 1. The maximum Gasteiger partial charge on any atom is 0.240 e. The van der Waals surface area contributed by atoms with Crippen LogP contribution in [0.25, 0.3) is 11.0 Å². The molecule has 0 fully saturated rings. The van der Waals surface area contributed by atoms with Crippen LogP contribution in [-0.2, 0) is 4.79 Å². The molecule has 0 radical (unpaired) electrons. The molecular weight excluding hydrogens is 253 g/mol. The Hall–Kier alpha value is -1.69. The van der Waals surface area contributed by atoms with Crippen molar-refractivity contribution in [3.8, 4) is 0 Å². The third kappa shape index (κ3) is 2.03. The Morgan fingerprint density at radius 3 is 2.72 bits per heavy atom. The van der Waals surface area contributed by atoms with Crippen LogP contribution in [0, 0.1) is 16.5 Å². The molecule has 18 heavy (non-hydrogen) atoms. The Kier molecular flexibility index (Phi) is 3.21. The van der Waals surface area contributed by atoms with Gasteiger partial charge in [0.25, 0.3) is 0 Å². The normalized spacial score (nSPS) is 13.1. The summed E-state index contributed by atoms with van der Waals surface area (Å²) >= 11 is 5.19. The summed E-state index contributed by atoms with van der Waals surface area (Å²) in [5.74, 6) is -0.810. The van der Waals surface area contributed by atoms with Crippen molar-refractivity contribution in [3.63, 3.8) is 0 Å². The maximum absolute atomic E-state index is 13.1. The molecule has 0 aliphatic carbocycles. The predicted octanol–water partition coefficient (Wildman–Crippen LogP) is 2.52. The van der Waals surface area contributed by atoms with Crippen molar-refractivity contribution in [2.45, 2.75) is 19.9 Å². The first kappa shape index (κ1) is 12.8. The van der Waals surface area contributed by atoms with Crippen LogP contribution >= 0.6 is 12.2 Å². The highest BCUT2D eigenvalue weighted by molar-refractivity contribution is 7.71. The van der Waals surface area contributed by atoms with Crippen LogP contribution in [0.1, 0.15) is 19.9 Å². The number of aromatic amines is 1. The van der Waals surface area contributed by atoms with Crippen LogP contribution in [0.2, 0.25) is 0 Å². The Balaban J connectivity index is 2.73. The molecule has 4 nitrogen and oxygen atoms in total. The molecule has 0 bridgehead atoms. The summed E-state index contributed by atoms with van der Waals surface area (Å²) in [7, 11) is 0. The summed E-state index contributed by atoms with van der Waals surface area (Å²) in [6.07, 6.45) is 0. The van der Waals surface area contributed by atoms with E-state index in [0.717, 1.165) is 0 Å². The summed E-state index contributed by atoms with van der Waals surface area (Å²) in [5, 5.41) is 0. The minimum atomic E-state index is -0.545. The van der Waals surface area contributed by atoms with Gasteiger partial charge in [-0.05, 0) is 36.3 Å². The molecule has 1 heterocycles. The summed E-state index contributed by atoms with van der Waals surface area (Å²) in [4.78, 5) is 14.5. The number of nitrogens with one attached hydrogen (secondary N) is 1. The topological polar surface area (TPSA) is 63.8 Å². The van der Waals surface area contributed by atoms with E-state index in [1.165, 1.54) is 12.1 Å². The minimum absolute atomic E-state index is 0.00162. The molecule has 0 saturated carbocycles. The number of hydrogen-bond acceptors (Lipinski definition) is 2. The van der Waals surface area contributed by atoms with E-state index < -0.39 is 11.9 Å². The third-order valence-corrected chi connectivity index (χ3v) is 3.18. The van der Waals surface area contributed by atoms with Gasteiger partial charge in [0.2, 0.25) is 5.91 Å². The van der Waals surface area contributed by atoms with Crippen LogP contribution in [0.15, 0.2) is 18.2 Å². The summed E-state index contributed by atoms with van der Waals surface area (Å²) in [6, 6.07) is 3.73. The lowest BCUT2D eigenvalue weighted by atomic mass is 10.0. The zero-order chi connectivity index (χ0) is 13.4. The Bertz CT molecular complexity index is 659. The molecule has 0 aliphatic rings. The zero-order valence-electron chi connectivity index (χ0n) is 10.1. The summed E-state index contributed by atoms with van der Waals surface area (Å²) in [6.45, 7) is 3.78. The lowest BCUT2D eigenvalue weighted by Gasteiger charge is -2.19. The van der Waals surface area contributed by atoms with Gasteiger partial charge < -0.3 is 15.3 Å². The fourth-order valence-electron chi connectivity index (χ4n) is 2.13. The highest BCUT2D eigenvalue weighted by atomic mass is 32.1. The van der Waals surface area contributed by atoms with Crippen LogP contribution < -0.4 is 5.73 Å². The summed E-state index contributed by atoms with van der Waals surface area (Å²) < 4.78 is 15.2. The number of rotatable bonds is 3. The molecule has 1 amide bonds. The van der Waals surface area contributed by atoms with Crippen molar-refractivity contribution < 1.29 is 9.18 Å². The van der Waals surface area contributed by atoms with E-state index >= 15 is 0 Å². The Morgan fingerprint density at radius 2 is 2.17 bits per heavy atom. The molecule has 3 N–H and O–H groups in total. The highest BCUT2D eigenvalue weighted by Gasteiger charge is 2.24. The first-order valence-electron chi connectivity index (χ1n) is 5.61. The Morgan fingerprint density at radius 1 is 1.50 bits per heavy atom. The smallest absolute Gasteiger partial charge is 0.240 e. The van der Waals surface area contributed by atoms with Gasteiger partial charge in [0.05, 0.1) is 11.0 Å². The van der Waals surface area contributed by atoms with Gasteiger partial charge in [-0.15, -0.1) is 0 Å². The molecule has 2 aromatic rings. The van der Waals surface area contributed by atoms with E-state index in [9.17, 15) is 9.18 Å². The van der Waals surface area contributed by atoms with Crippen molar-refractivity contribution in [1.82, 2.24) is 9.55 Å². The second-order valence-electron chi connectivity index (χ2n) is 4.55. The van der Waals surface area contributed by atoms with Gasteiger partial charge >= 0.3 is 0 Å². The number of benzene rings is 1. The number of nitrogens with zero attached hydrogens (tertiary/aromatic N) is 1. The largest absolute Gasteiger partial charge is 0.368 e. The lowest BCUT2D eigenvalue weighted by Crippen LogP contribution is -2.30. The average molecular weight is 267 g/mol. The first-order chi connectivity index (χ1) is 8.41. The molecule has 6 heteroatoms. The number of primary amides is 1. The van der Waals surface area contributed by atoms with Gasteiger partial charge in [0, 0.05) is 0 Å². The molecule has 1 aromatic heterocycles. The van der Waals surface area contributed by atoms with E-state index in [2.05, 4.69) is 4.98 Å². The SMILES string of the molecule is CC(C)C(C(N)=O)n1c(=S)[nH]c2cc(F)ccc21. The molecule has 96 valence electrons. The van der Waals surface area contributed by atoms with Gasteiger partial charge in [-0.25, -0.2) is 4.39 Å². The number of amides is 1. The first-order valence-corrected chi connectivity index (χ1v) is 6.01. The number of aromatic nitrogens is 2. The van der Waals surface area contributed by atoms with E-state index in [-0.39, 0.29) is 11.7 Å². The number of carbonyl (C=O) groups is 1. The molecule has 0 spiro atoms.